The highest BCUT2D eigenvalue weighted by Crippen LogP contribution is 2.33. The van der Waals surface area contributed by atoms with E-state index in [4.69, 9.17) is 41.9 Å². The van der Waals surface area contributed by atoms with Gasteiger partial charge in [-0.2, -0.15) is 0 Å². The Labute approximate surface area is 254 Å². The van der Waals surface area contributed by atoms with Gasteiger partial charge in [0.1, 0.15) is 61.0 Å². The van der Waals surface area contributed by atoms with Gasteiger partial charge in [0.25, 0.3) is 0 Å². The molecule has 0 aromatic heterocycles. The summed E-state index contributed by atoms with van der Waals surface area (Å²) < 4.78 is 22.5. The number of hydrogen-bond donors (Lipinski definition) is 15. The number of carbonyl (C=O) groups is 4. The van der Waals surface area contributed by atoms with E-state index in [1.807, 2.05) is 0 Å². The highest BCUT2D eigenvalue weighted by molar-refractivity contribution is 5.73. The van der Waals surface area contributed by atoms with E-state index in [9.17, 15) is 54.9 Å². The van der Waals surface area contributed by atoms with E-state index in [1.54, 1.807) is 0 Å². The average molecular weight is 657 g/mol. The van der Waals surface area contributed by atoms with Crippen LogP contribution in [0.1, 0.15) is 6.42 Å². The molecule has 23 heteroatoms. The number of nitrogens with one attached hydrogen (secondary N) is 4. The smallest absolute Gasteiger partial charge is 0.312 e. The lowest BCUT2D eigenvalue weighted by Crippen LogP contribution is -2.71. The minimum absolute atomic E-state index is 0.350. The molecule has 2 aliphatic heterocycles. The van der Waals surface area contributed by atoms with E-state index >= 15 is 0 Å². The Bertz CT molecular complexity index is 1060. The summed E-state index contributed by atoms with van der Waals surface area (Å²) in [7, 11) is 0. The number of aliphatic hydroxyl groups is 7. The maximum Gasteiger partial charge on any atom is 0.312 e. The summed E-state index contributed by atoms with van der Waals surface area (Å²) >= 11 is 0. The van der Waals surface area contributed by atoms with Gasteiger partial charge < -0.3 is 98.9 Å². The molecular weight excluding hydrogens is 616 g/mol. The third kappa shape index (κ3) is 8.67. The first kappa shape index (κ1) is 36.1. The molecule has 0 radical (unpaired) electrons. The molecule has 0 aromatic carbocycles. The largest absolute Gasteiger partial charge is 0.394 e. The second kappa shape index (κ2) is 15.3. The third-order valence-electron chi connectivity index (χ3n) is 7.55. The van der Waals surface area contributed by atoms with Crippen LogP contribution in [0.15, 0.2) is 0 Å². The van der Waals surface area contributed by atoms with Gasteiger partial charge in [0, 0.05) is 6.54 Å². The average Bonchev–Trinajstić information content (AvgIpc) is 2.94. The van der Waals surface area contributed by atoms with Gasteiger partial charge in [-0.05, 0) is 6.42 Å². The van der Waals surface area contributed by atoms with Crippen LogP contribution < -0.4 is 44.2 Å². The van der Waals surface area contributed by atoms with Crippen LogP contribution in [-0.4, -0.2) is 165 Å². The van der Waals surface area contributed by atoms with Crippen molar-refractivity contribution in [1.29, 1.82) is 0 Å². The lowest BCUT2D eigenvalue weighted by Gasteiger charge is -2.49. The molecule has 2 heterocycles. The number of urea groups is 4. The number of amides is 8. The first-order valence-electron chi connectivity index (χ1n) is 13.6. The van der Waals surface area contributed by atoms with Gasteiger partial charge in [-0.1, -0.05) is 0 Å². The molecule has 0 unspecified atom stereocenters. The lowest BCUT2D eigenvalue weighted by atomic mass is 9.83. The summed E-state index contributed by atoms with van der Waals surface area (Å²) in [5.74, 6) is 0. The highest BCUT2D eigenvalue weighted by Gasteiger charge is 2.54. The quantitative estimate of drug-likeness (QED) is 0.104. The fourth-order valence-corrected chi connectivity index (χ4v) is 5.45. The van der Waals surface area contributed by atoms with Crippen molar-refractivity contribution in [3.05, 3.63) is 0 Å². The van der Waals surface area contributed by atoms with Crippen molar-refractivity contribution in [3.8, 4) is 0 Å². The normalized spacial score (nSPS) is 41.8. The van der Waals surface area contributed by atoms with E-state index in [0.717, 1.165) is 0 Å². The number of rotatable bonds is 10. The first-order chi connectivity index (χ1) is 21.0. The van der Waals surface area contributed by atoms with Gasteiger partial charge >= 0.3 is 24.1 Å². The van der Waals surface area contributed by atoms with E-state index in [1.165, 1.54) is 0 Å². The molecule has 3 rings (SSSR count). The molecule has 2 saturated heterocycles. The summed E-state index contributed by atoms with van der Waals surface area (Å²) in [4.78, 5) is 46.3. The molecule has 1 aliphatic carbocycles. The monoisotopic (exact) mass is 656 g/mol. The minimum atomic E-state index is -1.96. The van der Waals surface area contributed by atoms with Crippen LogP contribution in [0.3, 0.4) is 0 Å². The standard InChI is InChI=1S/C22H40N8O15/c23-19(38)27-2-6-10(33)12(35)13(36)18(42-6)45-16-5(29-21(25)40)1-4(28-20(24)39)15(14(16)37)44-17-11(34)8(30-22(26)41)9(32)7(3-31)43-17/h4-18,31-37H,1-3H2,(H3,23,27,38)(H3,24,28,39)(H3,25,29,40)(H3,26,30,41)/t4-,5+,6-,7-,8+,9-,10-,11-,12+,13-,14-,15+,16-,17-,18-/m1/s1. The molecule has 23 nitrogen and oxygen atoms in total. The number of aliphatic hydroxyl groups excluding tert-OH is 7. The Morgan fingerprint density at radius 3 is 1.58 bits per heavy atom. The van der Waals surface area contributed by atoms with Gasteiger partial charge in [0.05, 0.1) is 24.7 Å². The maximum atomic E-state index is 11.9. The van der Waals surface area contributed by atoms with Gasteiger partial charge in [0.15, 0.2) is 12.6 Å². The first-order valence-corrected chi connectivity index (χ1v) is 13.6. The van der Waals surface area contributed by atoms with Gasteiger partial charge in [-0.15, -0.1) is 0 Å². The van der Waals surface area contributed by atoms with Gasteiger partial charge in [0.2, 0.25) is 0 Å². The Balaban J connectivity index is 1.93. The predicted molar refractivity (Wildman–Crippen MR) is 142 cm³/mol. The van der Waals surface area contributed by atoms with Crippen molar-refractivity contribution in [1.82, 2.24) is 21.3 Å². The summed E-state index contributed by atoms with van der Waals surface area (Å²) in [5, 5.41) is 82.6. The Morgan fingerprint density at radius 1 is 0.622 bits per heavy atom. The molecule has 3 aliphatic rings. The summed E-state index contributed by atoms with van der Waals surface area (Å²) in [6.07, 6.45) is -21.2. The van der Waals surface area contributed by atoms with Crippen LogP contribution in [-0.2, 0) is 18.9 Å². The van der Waals surface area contributed by atoms with Crippen LogP contribution >= 0.6 is 0 Å². The molecule has 1 saturated carbocycles. The Hall–Kier alpha value is -3.36. The Kier molecular flexibility index (Phi) is 12.3. The van der Waals surface area contributed by atoms with Gasteiger partial charge in [-0.25, -0.2) is 19.2 Å². The predicted octanol–water partition coefficient (Wildman–Crippen LogP) is -8.45. The van der Waals surface area contributed by atoms with Crippen LogP contribution in [0.2, 0.25) is 0 Å². The molecule has 258 valence electrons. The third-order valence-corrected chi connectivity index (χ3v) is 7.55. The van der Waals surface area contributed by atoms with E-state index in [0.29, 0.717) is 0 Å². The molecule has 0 aromatic rings. The molecule has 3 fully saturated rings. The summed E-state index contributed by atoms with van der Waals surface area (Å²) in [6.45, 7) is -1.27. The summed E-state index contributed by atoms with van der Waals surface area (Å²) in [6, 6.07) is -8.50. The fraction of sp³-hybridized carbons (Fsp3) is 0.818. The number of ether oxygens (including phenoxy) is 4. The van der Waals surface area contributed by atoms with E-state index < -0.39 is 129 Å². The van der Waals surface area contributed by atoms with Crippen LogP contribution in [0, 0.1) is 0 Å². The minimum Gasteiger partial charge on any atom is -0.394 e. The molecule has 45 heavy (non-hydrogen) atoms. The van der Waals surface area contributed by atoms with Crippen LogP contribution in [0.5, 0.6) is 0 Å². The van der Waals surface area contributed by atoms with E-state index in [-0.39, 0.29) is 6.42 Å². The molecule has 0 bridgehead atoms. The second-order valence-electron chi connectivity index (χ2n) is 10.7. The van der Waals surface area contributed by atoms with Crippen LogP contribution in [0.25, 0.3) is 0 Å². The number of nitrogens with two attached hydrogens (primary N) is 4. The molecule has 19 N–H and O–H groups in total. The number of primary amides is 4. The fourth-order valence-electron chi connectivity index (χ4n) is 5.45. The SMILES string of the molecule is NC(=O)NC[C@H]1O[C@H](O[C@H]2[C@H](O)[C@@H](O[C@H]3O[C@H](CO)[C@@H](O)[C@H](NC(N)=O)[C@H]3O)[C@H](NC(N)=O)C[C@@H]2NC(N)=O)[C@H](O)[C@@H](O)[C@@H]1O. The molecular formula is C22H40N8O15. The molecule has 8 amide bonds. The second-order valence-corrected chi connectivity index (χ2v) is 10.7. The van der Waals surface area contributed by atoms with Crippen molar-refractivity contribution < 1.29 is 73.9 Å². The zero-order valence-corrected chi connectivity index (χ0v) is 23.5. The number of carbonyl (C=O) groups excluding carboxylic acids is 4. The maximum absolute atomic E-state index is 11.9. The van der Waals surface area contributed by atoms with E-state index in [2.05, 4.69) is 21.3 Å². The van der Waals surface area contributed by atoms with Crippen molar-refractivity contribution in [2.75, 3.05) is 13.2 Å². The van der Waals surface area contributed by atoms with Crippen molar-refractivity contribution in [2.24, 2.45) is 22.9 Å². The zero-order valence-electron chi connectivity index (χ0n) is 23.5. The highest BCUT2D eigenvalue weighted by atomic mass is 16.7. The topological polar surface area (TPSA) is 399 Å². The van der Waals surface area contributed by atoms with Crippen molar-refractivity contribution in [2.45, 2.75) is 98.2 Å². The number of hydrogen-bond acceptors (Lipinski definition) is 15. The lowest BCUT2D eigenvalue weighted by molar-refractivity contribution is -0.333. The van der Waals surface area contributed by atoms with Crippen molar-refractivity contribution in [3.63, 3.8) is 0 Å². The summed E-state index contributed by atoms with van der Waals surface area (Å²) in [5.41, 5.74) is 20.7. The Morgan fingerprint density at radius 2 is 1.11 bits per heavy atom. The molecule has 15 atom stereocenters. The zero-order chi connectivity index (χ0) is 33.7. The molecule has 0 spiro atoms. The van der Waals surface area contributed by atoms with Gasteiger partial charge in [-0.3, -0.25) is 0 Å². The van der Waals surface area contributed by atoms with Crippen molar-refractivity contribution >= 4 is 24.1 Å². The van der Waals surface area contributed by atoms with Crippen LogP contribution in [0.4, 0.5) is 19.2 Å².